The summed E-state index contributed by atoms with van der Waals surface area (Å²) in [7, 11) is 0. The monoisotopic (exact) mass is 290 g/mol. The van der Waals surface area contributed by atoms with E-state index in [1.807, 2.05) is 24.0 Å². The van der Waals surface area contributed by atoms with E-state index in [1.165, 1.54) is 0 Å². The van der Waals surface area contributed by atoms with E-state index in [1.54, 1.807) is 6.20 Å². The second kappa shape index (κ2) is 5.52. The summed E-state index contributed by atoms with van der Waals surface area (Å²) in [6.45, 7) is 5.48. The lowest BCUT2D eigenvalue weighted by Crippen LogP contribution is -2.55. The lowest BCUT2D eigenvalue weighted by Gasteiger charge is -2.38. The predicted octanol–water partition coefficient (Wildman–Crippen LogP) is 0.881. The average molecular weight is 290 g/mol. The topological polar surface area (TPSA) is 71.7 Å². The fourth-order valence-electron chi connectivity index (χ4n) is 3.08. The zero-order valence-electron chi connectivity index (χ0n) is 12.4. The van der Waals surface area contributed by atoms with Crippen molar-refractivity contribution >= 4 is 17.4 Å². The van der Waals surface area contributed by atoms with Crippen molar-refractivity contribution in [1.29, 1.82) is 0 Å². The van der Waals surface area contributed by atoms with Crippen LogP contribution in [0.5, 0.6) is 0 Å². The van der Waals surface area contributed by atoms with Crippen molar-refractivity contribution in [3.8, 4) is 0 Å². The molecule has 21 heavy (non-hydrogen) atoms. The lowest BCUT2D eigenvalue weighted by atomic mass is 10.0. The van der Waals surface area contributed by atoms with E-state index in [0.29, 0.717) is 25.4 Å². The molecule has 3 heterocycles. The summed E-state index contributed by atoms with van der Waals surface area (Å²) in [5.41, 5.74) is 6.03. The van der Waals surface area contributed by atoms with Crippen LogP contribution in [0.2, 0.25) is 0 Å². The number of pyridine rings is 1. The number of ether oxygens (including phenoxy) is 1. The minimum Gasteiger partial charge on any atom is -0.396 e. The maximum Gasteiger partial charge on any atom is 0.254 e. The second-order valence-electron chi connectivity index (χ2n) is 5.88. The number of anilines is 2. The molecule has 0 bridgehead atoms. The SMILES string of the molecule is CC1(C(=O)N2CCN(c3ncccc3N)CC2)CCCO1. The fraction of sp³-hybridized carbons (Fsp3) is 0.600. The van der Waals surface area contributed by atoms with E-state index in [2.05, 4.69) is 9.88 Å². The van der Waals surface area contributed by atoms with E-state index in [4.69, 9.17) is 10.5 Å². The van der Waals surface area contributed by atoms with Crippen molar-refractivity contribution < 1.29 is 9.53 Å². The molecule has 2 aliphatic rings. The normalized spacial score (nSPS) is 26.1. The van der Waals surface area contributed by atoms with Crippen molar-refractivity contribution in [3.05, 3.63) is 18.3 Å². The lowest BCUT2D eigenvalue weighted by molar-refractivity contribution is -0.151. The van der Waals surface area contributed by atoms with Crippen LogP contribution in [0.25, 0.3) is 0 Å². The molecule has 6 nitrogen and oxygen atoms in total. The Morgan fingerprint density at radius 2 is 2.14 bits per heavy atom. The Labute approximate surface area is 124 Å². The standard InChI is InChI=1S/C15H22N4O2/c1-15(5-3-11-21-15)14(20)19-9-7-18(8-10-19)13-12(16)4-2-6-17-13/h2,4,6H,3,5,7-11,16H2,1H3. The summed E-state index contributed by atoms with van der Waals surface area (Å²) in [4.78, 5) is 20.9. The van der Waals surface area contributed by atoms with Gasteiger partial charge < -0.3 is 20.3 Å². The highest BCUT2D eigenvalue weighted by Gasteiger charge is 2.41. The molecule has 0 aromatic carbocycles. The fourth-order valence-corrected chi connectivity index (χ4v) is 3.08. The minimum absolute atomic E-state index is 0.119. The van der Waals surface area contributed by atoms with Crippen LogP contribution in [-0.2, 0) is 9.53 Å². The van der Waals surface area contributed by atoms with Gasteiger partial charge in [0.15, 0.2) is 5.82 Å². The van der Waals surface area contributed by atoms with Crippen LogP contribution in [0.3, 0.4) is 0 Å². The van der Waals surface area contributed by atoms with Gasteiger partial charge in [-0.2, -0.15) is 0 Å². The third-order valence-electron chi connectivity index (χ3n) is 4.35. The number of nitrogen functional groups attached to an aromatic ring is 1. The molecule has 0 saturated carbocycles. The number of carbonyl (C=O) groups is 1. The number of hydrogen-bond donors (Lipinski definition) is 1. The number of piperazine rings is 1. The van der Waals surface area contributed by atoms with Gasteiger partial charge in [-0.3, -0.25) is 4.79 Å². The first-order valence-corrected chi connectivity index (χ1v) is 7.49. The van der Waals surface area contributed by atoms with Crippen LogP contribution in [0, 0.1) is 0 Å². The van der Waals surface area contributed by atoms with Crippen molar-refractivity contribution in [2.45, 2.75) is 25.4 Å². The van der Waals surface area contributed by atoms with Crippen molar-refractivity contribution in [3.63, 3.8) is 0 Å². The Bertz CT molecular complexity index is 520. The molecule has 3 rings (SSSR count). The van der Waals surface area contributed by atoms with Crippen molar-refractivity contribution in [2.24, 2.45) is 0 Å². The highest BCUT2D eigenvalue weighted by atomic mass is 16.5. The summed E-state index contributed by atoms with van der Waals surface area (Å²) in [6.07, 6.45) is 3.53. The van der Waals surface area contributed by atoms with Crippen LogP contribution < -0.4 is 10.6 Å². The van der Waals surface area contributed by atoms with Gasteiger partial charge in [-0.1, -0.05) is 0 Å². The Hall–Kier alpha value is -1.82. The van der Waals surface area contributed by atoms with Gasteiger partial charge in [0.2, 0.25) is 0 Å². The van der Waals surface area contributed by atoms with Gasteiger partial charge in [-0.05, 0) is 31.9 Å². The molecule has 2 N–H and O–H groups in total. The summed E-state index contributed by atoms with van der Waals surface area (Å²) in [6, 6.07) is 3.68. The first-order valence-electron chi connectivity index (χ1n) is 7.49. The minimum atomic E-state index is -0.619. The first-order chi connectivity index (χ1) is 10.1. The van der Waals surface area contributed by atoms with E-state index < -0.39 is 5.60 Å². The highest BCUT2D eigenvalue weighted by Crippen LogP contribution is 2.28. The van der Waals surface area contributed by atoms with Crippen LogP contribution in [0.1, 0.15) is 19.8 Å². The summed E-state index contributed by atoms with van der Waals surface area (Å²) in [5, 5.41) is 0. The van der Waals surface area contributed by atoms with E-state index >= 15 is 0 Å². The average Bonchev–Trinajstić information content (AvgIpc) is 2.95. The highest BCUT2D eigenvalue weighted by molar-refractivity contribution is 5.85. The number of amides is 1. The molecular formula is C15H22N4O2. The zero-order chi connectivity index (χ0) is 14.9. The number of hydrogen-bond acceptors (Lipinski definition) is 5. The summed E-state index contributed by atoms with van der Waals surface area (Å²) < 4.78 is 5.65. The Morgan fingerprint density at radius 3 is 2.76 bits per heavy atom. The third-order valence-corrected chi connectivity index (χ3v) is 4.35. The van der Waals surface area contributed by atoms with E-state index in [9.17, 15) is 4.79 Å². The second-order valence-corrected chi connectivity index (χ2v) is 5.88. The zero-order valence-corrected chi connectivity index (χ0v) is 12.4. The van der Waals surface area contributed by atoms with Gasteiger partial charge >= 0.3 is 0 Å². The summed E-state index contributed by atoms with van der Waals surface area (Å²) >= 11 is 0. The smallest absolute Gasteiger partial charge is 0.254 e. The van der Waals surface area contributed by atoms with Crippen molar-refractivity contribution in [1.82, 2.24) is 9.88 Å². The molecule has 0 aliphatic carbocycles. The largest absolute Gasteiger partial charge is 0.396 e. The van der Waals surface area contributed by atoms with Gasteiger partial charge in [0.05, 0.1) is 5.69 Å². The number of rotatable bonds is 2. The molecule has 1 unspecified atom stereocenters. The molecule has 1 aromatic heterocycles. The van der Waals surface area contributed by atoms with Crippen LogP contribution in [0.15, 0.2) is 18.3 Å². The van der Waals surface area contributed by atoms with Gasteiger partial charge in [0, 0.05) is 39.0 Å². The van der Waals surface area contributed by atoms with Crippen LogP contribution in [-0.4, -0.2) is 54.2 Å². The van der Waals surface area contributed by atoms with Gasteiger partial charge in [0.1, 0.15) is 5.60 Å². The molecule has 1 atom stereocenters. The Kier molecular flexibility index (Phi) is 3.71. The maximum absolute atomic E-state index is 12.6. The van der Waals surface area contributed by atoms with Crippen molar-refractivity contribution in [2.75, 3.05) is 43.4 Å². The van der Waals surface area contributed by atoms with Crippen LogP contribution in [0.4, 0.5) is 11.5 Å². The Morgan fingerprint density at radius 1 is 1.38 bits per heavy atom. The Balaban J connectivity index is 1.63. The molecule has 2 fully saturated rings. The molecular weight excluding hydrogens is 268 g/mol. The molecule has 6 heteroatoms. The third kappa shape index (κ3) is 2.68. The predicted molar refractivity (Wildman–Crippen MR) is 81.0 cm³/mol. The van der Waals surface area contributed by atoms with Gasteiger partial charge in [0.25, 0.3) is 5.91 Å². The number of nitrogens with zero attached hydrogens (tertiary/aromatic N) is 3. The molecule has 1 aromatic rings. The van der Waals surface area contributed by atoms with Gasteiger partial charge in [-0.15, -0.1) is 0 Å². The number of carbonyl (C=O) groups excluding carboxylic acids is 1. The molecule has 114 valence electrons. The number of aromatic nitrogens is 1. The molecule has 1 amide bonds. The molecule has 0 spiro atoms. The maximum atomic E-state index is 12.6. The quantitative estimate of drug-likeness (QED) is 0.875. The molecule has 2 aliphatic heterocycles. The number of nitrogens with two attached hydrogens (primary N) is 1. The van der Waals surface area contributed by atoms with E-state index in [-0.39, 0.29) is 5.91 Å². The molecule has 0 radical (unpaired) electrons. The van der Waals surface area contributed by atoms with E-state index in [0.717, 1.165) is 31.7 Å². The summed E-state index contributed by atoms with van der Waals surface area (Å²) in [5.74, 6) is 0.932. The molecule has 2 saturated heterocycles. The van der Waals surface area contributed by atoms with Gasteiger partial charge in [-0.25, -0.2) is 4.98 Å². The first kappa shape index (κ1) is 14.1. The van der Waals surface area contributed by atoms with Crippen LogP contribution >= 0.6 is 0 Å².